The van der Waals surface area contributed by atoms with Gasteiger partial charge in [-0.05, 0) is 38.9 Å². The van der Waals surface area contributed by atoms with E-state index in [0.717, 1.165) is 18.5 Å². The van der Waals surface area contributed by atoms with Crippen LogP contribution >= 0.6 is 11.6 Å². The van der Waals surface area contributed by atoms with Gasteiger partial charge in [-0.3, -0.25) is 0 Å². The monoisotopic (exact) mass is 255 g/mol. The molecular weight excluding hydrogens is 237 g/mol. The second-order valence-corrected chi connectivity index (χ2v) is 4.78. The molecule has 0 bridgehead atoms. The normalized spacial score (nSPS) is 12.3. The number of benzene rings is 1. The highest BCUT2D eigenvalue weighted by Gasteiger charge is 2.12. The van der Waals surface area contributed by atoms with Gasteiger partial charge in [0.25, 0.3) is 0 Å². The molecule has 0 spiro atoms. The van der Waals surface area contributed by atoms with Gasteiger partial charge in [-0.2, -0.15) is 0 Å². The summed E-state index contributed by atoms with van der Waals surface area (Å²) >= 11 is 5.76. The largest absolute Gasteiger partial charge is 0.307 e. The zero-order chi connectivity index (χ0) is 12.8. The highest BCUT2D eigenvalue weighted by Crippen LogP contribution is 2.22. The Balaban J connectivity index is 2.99. The number of nitrogens with one attached hydrogen (secondary N) is 1. The van der Waals surface area contributed by atoms with Crippen molar-refractivity contribution in [2.45, 2.75) is 33.2 Å². The van der Waals surface area contributed by atoms with Gasteiger partial charge in [0, 0.05) is 10.6 Å². The van der Waals surface area contributed by atoms with Gasteiger partial charge in [0.2, 0.25) is 0 Å². The van der Waals surface area contributed by atoms with Crippen LogP contribution in [0.1, 0.15) is 38.8 Å². The summed E-state index contributed by atoms with van der Waals surface area (Å²) in [6.07, 6.45) is 3.05. The molecule has 1 rings (SSSR count). The van der Waals surface area contributed by atoms with E-state index in [2.05, 4.69) is 12.2 Å². The lowest BCUT2D eigenvalue weighted by Gasteiger charge is -2.16. The minimum Gasteiger partial charge on any atom is -0.307 e. The smallest absolute Gasteiger partial charge is 0.129 e. The number of halogens is 2. The first-order valence-electron chi connectivity index (χ1n) is 5.88. The first-order chi connectivity index (χ1) is 8.04. The fraction of sp³-hybridized carbons (Fsp3) is 0.429. The van der Waals surface area contributed by atoms with Crippen molar-refractivity contribution < 1.29 is 4.39 Å². The molecule has 0 aliphatic carbocycles. The Labute approximate surface area is 108 Å². The molecule has 3 heteroatoms. The summed E-state index contributed by atoms with van der Waals surface area (Å²) in [4.78, 5) is 0. The Morgan fingerprint density at radius 1 is 1.47 bits per heavy atom. The first kappa shape index (κ1) is 14.2. The fourth-order valence-electron chi connectivity index (χ4n) is 1.65. The lowest BCUT2D eigenvalue weighted by molar-refractivity contribution is 0.554. The van der Waals surface area contributed by atoms with E-state index in [9.17, 15) is 4.39 Å². The molecule has 0 saturated carbocycles. The van der Waals surface area contributed by atoms with Crippen molar-refractivity contribution in [2.24, 2.45) is 0 Å². The molecule has 0 fully saturated rings. The summed E-state index contributed by atoms with van der Waals surface area (Å²) < 4.78 is 13.8. The second kappa shape index (κ2) is 6.77. The van der Waals surface area contributed by atoms with E-state index in [1.807, 2.05) is 19.9 Å². The molecule has 1 aromatic carbocycles. The first-order valence-corrected chi connectivity index (χ1v) is 6.25. The highest BCUT2D eigenvalue weighted by molar-refractivity contribution is 6.30. The van der Waals surface area contributed by atoms with Crippen LogP contribution in [0.3, 0.4) is 0 Å². The molecule has 0 aliphatic rings. The van der Waals surface area contributed by atoms with Gasteiger partial charge in [-0.15, -0.1) is 0 Å². The lowest BCUT2D eigenvalue weighted by atomic mass is 10.0. The molecule has 0 heterocycles. The van der Waals surface area contributed by atoms with Crippen molar-refractivity contribution in [2.75, 3.05) is 6.54 Å². The van der Waals surface area contributed by atoms with Crippen LogP contribution in [0.4, 0.5) is 4.39 Å². The molecule has 17 heavy (non-hydrogen) atoms. The van der Waals surface area contributed by atoms with Gasteiger partial charge in [-0.25, -0.2) is 4.39 Å². The summed E-state index contributed by atoms with van der Waals surface area (Å²) in [5, 5.41) is 3.75. The van der Waals surface area contributed by atoms with Crippen molar-refractivity contribution in [3.63, 3.8) is 0 Å². The SMILES string of the molecule is CCCNC(C=C(C)C)c1ccc(Cl)cc1F. The van der Waals surface area contributed by atoms with Crippen LogP contribution < -0.4 is 5.32 Å². The molecule has 1 N–H and O–H groups in total. The predicted octanol–water partition coefficient (Wildman–Crippen LogP) is 4.49. The van der Waals surface area contributed by atoms with Crippen LogP contribution in [0, 0.1) is 5.82 Å². The molecule has 0 radical (unpaired) electrons. The maximum Gasteiger partial charge on any atom is 0.129 e. The van der Waals surface area contributed by atoms with E-state index < -0.39 is 0 Å². The van der Waals surface area contributed by atoms with E-state index in [1.54, 1.807) is 12.1 Å². The van der Waals surface area contributed by atoms with Gasteiger partial charge in [0.1, 0.15) is 5.82 Å². The molecule has 1 atom stereocenters. The van der Waals surface area contributed by atoms with Crippen LogP contribution in [0.2, 0.25) is 5.02 Å². The minimum atomic E-state index is -0.261. The highest BCUT2D eigenvalue weighted by atomic mass is 35.5. The summed E-state index contributed by atoms with van der Waals surface area (Å²) in [6.45, 7) is 6.96. The Hall–Kier alpha value is -0.860. The number of rotatable bonds is 5. The second-order valence-electron chi connectivity index (χ2n) is 4.34. The molecule has 0 amide bonds. The standard InChI is InChI=1S/C14H19ClFN/c1-4-7-17-14(8-10(2)3)12-6-5-11(15)9-13(12)16/h5-6,8-9,14,17H,4,7H2,1-3H3. The van der Waals surface area contributed by atoms with Gasteiger partial charge < -0.3 is 5.32 Å². The Morgan fingerprint density at radius 3 is 2.71 bits per heavy atom. The Kier molecular flexibility index (Phi) is 5.66. The molecule has 0 saturated heterocycles. The van der Waals surface area contributed by atoms with Gasteiger partial charge in [0.15, 0.2) is 0 Å². The molecule has 1 aromatic rings. The van der Waals surface area contributed by atoms with E-state index in [0.29, 0.717) is 10.6 Å². The molecule has 0 aliphatic heterocycles. The van der Waals surface area contributed by atoms with Gasteiger partial charge in [0.05, 0.1) is 6.04 Å². The van der Waals surface area contributed by atoms with Crippen molar-refractivity contribution in [1.82, 2.24) is 5.32 Å². The quantitative estimate of drug-likeness (QED) is 0.765. The van der Waals surface area contributed by atoms with E-state index >= 15 is 0 Å². The summed E-state index contributed by atoms with van der Waals surface area (Å²) in [6, 6.07) is 4.73. The zero-order valence-electron chi connectivity index (χ0n) is 10.6. The summed E-state index contributed by atoms with van der Waals surface area (Å²) in [5.74, 6) is -0.261. The molecule has 0 aromatic heterocycles. The zero-order valence-corrected chi connectivity index (χ0v) is 11.3. The Bertz CT molecular complexity index is 397. The maximum absolute atomic E-state index is 13.8. The van der Waals surface area contributed by atoms with E-state index in [-0.39, 0.29) is 11.9 Å². The summed E-state index contributed by atoms with van der Waals surface area (Å²) in [5.41, 5.74) is 1.80. The van der Waals surface area contributed by atoms with E-state index in [4.69, 9.17) is 11.6 Å². The fourth-order valence-corrected chi connectivity index (χ4v) is 1.80. The third-order valence-electron chi connectivity index (χ3n) is 2.41. The average Bonchev–Trinajstić information content (AvgIpc) is 2.24. The third kappa shape index (κ3) is 4.49. The molecule has 94 valence electrons. The van der Waals surface area contributed by atoms with Crippen molar-refractivity contribution >= 4 is 11.6 Å². The molecule has 1 nitrogen and oxygen atoms in total. The van der Waals surface area contributed by atoms with Crippen LogP contribution in [-0.2, 0) is 0 Å². The third-order valence-corrected chi connectivity index (χ3v) is 2.65. The number of hydrogen-bond acceptors (Lipinski definition) is 1. The minimum absolute atomic E-state index is 0.0859. The molecule has 1 unspecified atom stereocenters. The average molecular weight is 256 g/mol. The lowest BCUT2D eigenvalue weighted by Crippen LogP contribution is -2.21. The van der Waals surface area contributed by atoms with Crippen LogP contribution in [0.5, 0.6) is 0 Å². The number of hydrogen-bond donors (Lipinski definition) is 1. The van der Waals surface area contributed by atoms with Crippen LogP contribution in [0.25, 0.3) is 0 Å². The predicted molar refractivity (Wildman–Crippen MR) is 71.9 cm³/mol. The summed E-state index contributed by atoms with van der Waals surface area (Å²) in [7, 11) is 0. The van der Waals surface area contributed by atoms with Crippen molar-refractivity contribution in [3.8, 4) is 0 Å². The van der Waals surface area contributed by atoms with Gasteiger partial charge >= 0.3 is 0 Å². The Morgan fingerprint density at radius 2 is 2.18 bits per heavy atom. The topological polar surface area (TPSA) is 12.0 Å². The number of allylic oxidation sites excluding steroid dienone is 1. The van der Waals surface area contributed by atoms with Gasteiger partial charge in [-0.1, -0.05) is 36.2 Å². The molecular formula is C14H19ClFN. The van der Waals surface area contributed by atoms with Crippen molar-refractivity contribution in [3.05, 3.63) is 46.3 Å². The maximum atomic E-state index is 13.8. The van der Waals surface area contributed by atoms with E-state index in [1.165, 1.54) is 6.07 Å². The van der Waals surface area contributed by atoms with Crippen LogP contribution in [-0.4, -0.2) is 6.54 Å². The van der Waals surface area contributed by atoms with Crippen LogP contribution in [0.15, 0.2) is 29.8 Å². The van der Waals surface area contributed by atoms with Crippen molar-refractivity contribution in [1.29, 1.82) is 0 Å².